The van der Waals surface area contributed by atoms with Gasteiger partial charge in [-0.3, -0.25) is 0 Å². The predicted molar refractivity (Wildman–Crippen MR) is 69.0 cm³/mol. The Labute approximate surface area is 108 Å². The van der Waals surface area contributed by atoms with Gasteiger partial charge in [0.15, 0.2) is 5.69 Å². The number of aromatic nitrogens is 3. The monoisotopic (exact) mass is 254 g/mol. The van der Waals surface area contributed by atoms with Gasteiger partial charge in [-0.15, -0.1) is 0 Å². The topological polar surface area (TPSA) is 98.1 Å². The van der Waals surface area contributed by atoms with Crippen molar-refractivity contribution in [1.82, 2.24) is 15.1 Å². The molecular formula is C13H10N4O2. The van der Waals surface area contributed by atoms with Gasteiger partial charge in [-0.2, -0.15) is 4.98 Å². The lowest BCUT2D eigenvalue weighted by Gasteiger charge is -1.96. The van der Waals surface area contributed by atoms with Crippen LogP contribution in [-0.4, -0.2) is 20.2 Å². The molecule has 0 amide bonds. The Kier molecular flexibility index (Phi) is 2.60. The first kappa shape index (κ1) is 11.2. The highest BCUT2D eigenvalue weighted by atomic mass is 16.5. The first-order chi connectivity index (χ1) is 9.24. The SMILES string of the molecule is Nc1cccc(-c2nc(-c3ncccc3O)no2)c1. The lowest BCUT2D eigenvalue weighted by molar-refractivity contribution is 0.430. The molecule has 0 aliphatic rings. The highest BCUT2D eigenvalue weighted by Crippen LogP contribution is 2.26. The van der Waals surface area contributed by atoms with Crippen LogP contribution in [0.5, 0.6) is 5.75 Å². The van der Waals surface area contributed by atoms with Gasteiger partial charge in [-0.05, 0) is 30.3 Å². The number of nitrogens with zero attached hydrogens (tertiary/aromatic N) is 3. The molecule has 0 fully saturated rings. The number of nitrogen functional groups attached to an aromatic ring is 1. The van der Waals surface area contributed by atoms with E-state index in [4.69, 9.17) is 10.3 Å². The van der Waals surface area contributed by atoms with E-state index >= 15 is 0 Å². The zero-order chi connectivity index (χ0) is 13.2. The number of rotatable bonds is 2. The summed E-state index contributed by atoms with van der Waals surface area (Å²) in [7, 11) is 0. The maximum Gasteiger partial charge on any atom is 0.258 e. The van der Waals surface area contributed by atoms with Crippen LogP contribution < -0.4 is 5.73 Å². The summed E-state index contributed by atoms with van der Waals surface area (Å²) in [4.78, 5) is 8.21. The van der Waals surface area contributed by atoms with Crippen LogP contribution >= 0.6 is 0 Å². The van der Waals surface area contributed by atoms with Crippen molar-refractivity contribution in [2.75, 3.05) is 5.73 Å². The van der Waals surface area contributed by atoms with Crippen molar-refractivity contribution < 1.29 is 9.63 Å². The summed E-state index contributed by atoms with van der Waals surface area (Å²) in [6.07, 6.45) is 1.55. The molecule has 0 saturated heterocycles. The molecule has 3 rings (SSSR count). The first-order valence-electron chi connectivity index (χ1n) is 5.58. The fourth-order valence-corrected chi connectivity index (χ4v) is 1.68. The molecule has 2 heterocycles. The molecule has 1 aromatic carbocycles. The largest absolute Gasteiger partial charge is 0.506 e. The molecule has 0 spiro atoms. The Hall–Kier alpha value is -2.89. The van der Waals surface area contributed by atoms with E-state index in [0.29, 0.717) is 17.1 Å². The first-order valence-corrected chi connectivity index (χ1v) is 5.58. The standard InChI is InChI=1S/C13H10N4O2/c14-9-4-1-3-8(7-9)13-16-12(17-19-13)11-10(18)5-2-6-15-11/h1-7,18H,14H2. The summed E-state index contributed by atoms with van der Waals surface area (Å²) in [6, 6.07) is 10.2. The normalized spacial score (nSPS) is 10.5. The molecule has 0 bridgehead atoms. The quantitative estimate of drug-likeness (QED) is 0.679. The molecule has 6 heteroatoms. The van der Waals surface area contributed by atoms with Gasteiger partial charge >= 0.3 is 0 Å². The van der Waals surface area contributed by atoms with Crippen LogP contribution in [0.2, 0.25) is 0 Å². The number of pyridine rings is 1. The van der Waals surface area contributed by atoms with Crippen LogP contribution in [0.1, 0.15) is 0 Å². The number of anilines is 1. The Morgan fingerprint density at radius 1 is 1.16 bits per heavy atom. The minimum Gasteiger partial charge on any atom is -0.506 e. The second-order valence-electron chi connectivity index (χ2n) is 3.92. The van der Waals surface area contributed by atoms with E-state index in [-0.39, 0.29) is 17.3 Å². The summed E-state index contributed by atoms with van der Waals surface area (Å²) in [5, 5.41) is 13.5. The summed E-state index contributed by atoms with van der Waals surface area (Å²) >= 11 is 0. The van der Waals surface area contributed by atoms with E-state index in [9.17, 15) is 5.11 Å². The van der Waals surface area contributed by atoms with Gasteiger partial charge in [-0.25, -0.2) is 4.98 Å². The zero-order valence-corrected chi connectivity index (χ0v) is 9.82. The summed E-state index contributed by atoms with van der Waals surface area (Å²) in [5.74, 6) is 0.560. The van der Waals surface area contributed by atoms with Crippen LogP contribution in [0.15, 0.2) is 47.1 Å². The Balaban J connectivity index is 2.03. The van der Waals surface area contributed by atoms with Gasteiger partial charge in [0.1, 0.15) is 5.75 Å². The summed E-state index contributed by atoms with van der Waals surface area (Å²) in [5.41, 5.74) is 7.30. The lowest BCUT2D eigenvalue weighted by atomic mass is 10.2. The minimum absolute atomic E-state index is 0.00225. The van der Waals surface area contributed by atoms with Gasteiger partial charge < -0.3 is 15.4 Å². The average Bonchev–Trinajstić information content (AvgIpc) is 2.89. The molecule has 94 valence electrons. The average molecular weight is 254 g/mol. The summed E-state index contributed by atoms with van der Waals surface area (Å²) in [6.45, 7) is 0. The molecule has 0 saturated carbocycles. The number of hydrogen-bond acceptors (Lipinski definition) is 6. The number of aromatic hydroxyl groups is 1. The van der Waals surface area contributed by atoms with Crippen LogP contribution in [0.25, 0.3) is 23.0 Å². The number of hydrogen-bond donors (Lipinski definition) is 2. The van der Waals surface area contributed by atoms with Crippen LogP contribution in [0.3, 0.4) is 0 Å². The van der Waals surface area contributed by atoms with Gasteiger partial charge in [-0.1, -0.05) is 11.2 Å². The van der Waals surface area contributed by atoms with E-state index in [2.05, 4.69) is 15.1 Å². The molecule has 0 radical (unpaired) electrons. The number of benzene rings is 1. The molecule has 0 unspecified atom stereocenters. The van der Waals surface area contributed by atoms with Crippen LogP contribution in [0, 0.1) is 0 Å². The Morgan fingerprint density at radius 3 is 2.84 bits per heavy atom. The van der Waals surface area contributed by atoms with Crippen LogP contribution in [0.4, 0.5) is 5.69 Å². The Morgan fingerprint density at radius 2 is 2.05 bits per heavy atom. The highest BCUT2D eigenvalue weighted by molar-refractivity contribution is 5.63. The van der Waals surface area contributed by atoms with Crippen molar-refractivity contribution in [3.63, 3.8) is 0 Å². The molecule has 3 N–H and O–H groups in total. The molecular weight excluding hydrogens is 244 g/mol. The minimum atomic E-state index is 0.00225. The fourth-order valence-electron chi connectivity index (χ4n) is 1.68. The van der Waals surface area contributed by atoms with Crippen molar-refractivity contribution in [3.05, 3.63) is 42.6 Å². The smallest absolute Gasteiger partial charge is 0.258 e. The van der Waals surface area contributed by atoms with Crippen molar-refractivity contribution in [2.45, 2.75) is 0 Å². The van der Waals surface area contributed by atoms with E-state index < -0.39 is 0 Å². The Bertz CT molecular complexity index is 724. The maximum absolute atomic E-state index is 9.68. The third-order valence-electron chi connectivity index (χ3n) is 2.56. The third-order valence-corrected chi connectivity index (χ3v) is 2.56. The summed E-state index contributed by atoms with van der Waals surface area (Å²) < 4.78 is 5.15. The molecule has 0 aliphatic carbocycles. The predicted octanol–water partition coefficient (Wildman–Crippen LogP) is 2.09. The van der Waals surface area contributed by atoms with Crippen molar-refractivity contribution in [2.24, 2.45) is 0 Å². The van der Waals surface area contributed by atoms with E-state index in [0.717, 1.165) is 0 Å². The second-order valence-corrected chi connectivity index (χ2v) is 3.92. The third kappa shape index (κ3) is 2.11. The zero-order valence-electron chi connectivity index (χ0n) is 9.82. The fraction of sp³-hybridized carbons (Fsp3) is 0. The van der Waals surface area contributed by atoms with Crippen molar-refractivity contribution >= 4 is 5.69 Å². The second kappa shape index (κ2) is 4.41. The molecule has 19 heavy (non-hydrogen) atoms. The van der Waals surface area contributed by atoms with E-state index in [1.807, 2.05) is 6.07 Å². The van der Waals surface area contributed by atoms with Gasteiger partial charge in [0, 0.05) is 17.4 Å². The lowest BCUT2D eigenvalue weighted by Crippen LogP contribution is -1.87. The molecule has 2 aromatic heterocycles. The van der Waals surface area contributed by atoms with E-state index in [1.165, 1.54) is 6.07 Å². The van der Waals surface area contributed by atoms with Crippen LogP contribution in [-0.2, 0) is 0 Å². The van der Waals surface area contributed by atoms with Crippen molar-refractivity contribution in [1.29, 1.82) is 0 Å². The molecule has 3 aromatic rings. The van der Waals surface area contributed by atoms with Gasteiger partial charge in [0.25, 0.3) is 5.89 Å². The van der Waals surface area contributed by atoms with E-state index in [1.54, 1.807) is 30.5 Å². The van der Waals surface area contributed by atoms with Crippen molar-refractivity contribution in [3.8, 4) is 28.7 Å². The molecule has 0 atom stereocenters. The maximum atomic E-state index is 9.68. The molecule has 0 aliphatic heterocycles. The number of nitrogens with two attached hydrogens (primary N) is 1. The van der Waals surface area contributed by atoms with Gasteiger partial charge in [0.05, 0.1) is 0 Å². The molecule has 6 nitrogen and oxygen atoms in total. The van der Waals surface area contributed by atoms with Gasteiger partial charge in [0.2, 0.25) is 5.82 Å². The highest BCUT2D eigenvalue weighted by Gasteiger charge is 2.14.